The second-order valence-electron chi connectivity index (χ2n) is 6.03. The van der Waals surface area contributed by atoms with Crippen molar-refractivity contribution < 1.29 is 18.7 Å². The monoisotopic (exact) mass is 403 g/mol. The Morgan fingerprint density at radius 1 is 1.29 bits per heavy atom. The Balaban J connectivity index is 1.75. The molecule has 1 aromatic heterocycles. The first kappa shape index (κ1) is 19.7. The molecule has 1 amide bonds. The zero-order valence-corrected chi connectivity index (χ0v) is 16.1. The summed E-state index contributed by atoms with van der Waals surface area (Å²) in [7, 11) is 3.44. The van der Waals surface area contributed by atoms with Gasteiger partial charge in [-0.3, -0.25) is 4.79 Å². The molecule has 3 rings (SSSR count). The van der Waals surface area contributed by atoms with E-state index < -0.39 is 11.9 Å². The average Bonchev–Trinajstić information content (AvgIpc) is 3.11. The first-order valence-corrected chi connectivity index (χ1v) is 8.84. The number of imidazole rings is 1. The molecule has 3 aromatic rings. The maximum absolute atomic E-state index is 13.1. The number of rotatable bonds is 7. The van der Waals surface area contributed by atoms with Crippen molar-refractivity contribution in [2.75, 3.05) is 13.7 Å². The summed E-state index contributed by atoms with van der Waals surface area (Å²) in [6.07, 6.45) is 3.46. The van der Waals surface area contributed by atoms with Gasteiger partial charge in [-0.15, -0.1) is 0 Å². The maximum Gasteiger partial charge on any atom is 0.258 e. The van der Waals surface area contributed by atoms with Crippen LogP contribution < -0.4 is 14.8 Å². The Labute approximate surface area is 166 Å². The lowest BCUT2D eigenvalue weighted by Crippen LogP contribution is -2.34. The number of methoxy groups -OCH3 is 1. The SMILES string of the molecule is COc1ccc(C(NC(=O)COc2ccc(F)cc2Cl)c2nccn2C)cc1. The molecule has 0 aliphatic carbocycles. The van der Waals surface area contributed by atoms with Crippen LogP contribution in [0.5, 0.6) is 11.5 Å². The number of amides is 1. The summed E-state index contributed by atoms with van der Waals surface area (Å²) in [5.41, 5.74) is 0.836. The fourth-order valence-corrected chi connectivity index (χ4v) is 2.91. The van der Waals surface area contributed by atoms with Crippen LogP contribution >= 0.6 is 11.6 Å². The smallest absolute Gasteiger partial charge is 0.258 e. The minimum Gasteiger partial charge on any atom is -0.497 e. The molecule has 1 heterocycles. The summed E-state index contributed by atoms with van der Waals surface area (Å²) in [4.78, 5) is 16.8. The van der Waals surface area contributed by atoms with Gasteiger partial charge >= 0.3 is 0 Å². The van der Waals surface area contributed by atoms with Gasteiger partial charge in [0.1, 0.15) is 29.2 Å². The van der Waals surface area contributed by atoms with Gasteiger partial charge in [-0.1, -0.05) is 23.7 Å². The Bertz CT molecular complexity index is 960. The van der Waals surface area contributed by atoms with E-state index in [1.807, 2.05) is 35.9 Å². The zero-order chi connectivity index (χ0) is 20.1. The predicted octanol–water partition coefficient (Wildman–Crippen LogP) is 3.51. The van der Waals surface area contributed by atoms with Crippen molar-refractivity contribution in [3.8, 4) is 11.5 Å². The molecule has 0 spiro atoms. The lowest BCUT2D eigenvalue weighted by atomic mass is 10.1. The second-order valence-corrected chi connectivity index (χ2v) is 6.44. The first-order valence-electron chi connectivity index (χ1n) is 8.46. The normalized spacial score (nSPS) is 11.7. The number of hydrogen-bond acceptors (Lipinski definition) is 4. The van der Waals surface area contributed by atoms with Gasteiger partial charge in [0.2, 0.25) is 0 Å². The Morgan fingerprint density at radius 3 is 2.64 bits per heavy atom. The van der Waals surface area contributed by atoms with Gasteiger partial charge in [0.15, 0.2) is 6.61 Å². The van der Waals surface area contributed by atoms with Crippen molar-refractivity contribution in [2.45, 2.75) is 6.04 Å². The summed E-state index contributed by atoms with van der Waals surface area (Å²) in [5.74, 6) is 0.762. The summed E-state index contributed by atoms with van der Waals surface area (Å²) in [6, 6.07) is 10.6. The van der Waals surface area contributed by atoms with Crippen LogP contribution in [0.15, 0.2) is 54.9 Å². The van der Waals surface area contributed by atoms with E-state index in [0.29, 0.717) is 11.6 Å². The van der Waals surface area contributed by atoms with E-state index in [1.165, 1.54) is 12.1 Å². The molecule has 1 N–H and O–H groups in total. The molecule has 0 radical (unpaired) electrons. The van der Waals surface area contributed by atoms with Crippen LogP contribution in [-0.4, -0.2) is 29.2 Å². The molecule has 0 bridgehead atoms. The molecule has 0 saturated heterocycles. The van der Waals surface area contributed by atoms with Crippen LogP contribution in [0.25, 0.3) is 0 Å². The van der Waals surface area contributed by atoms with Crippen LogP contribution in [0.3, 0.4) is 0 Å². The van der Waals surface area contributed by atoms with Gasteiger partial charge < -0.3 is 19.4 Å². The Morgan fingerprint density at radius 2 is 2.04 bits per heavy atom. The third-order valence-corrected chi connectivity index (χ3v) is 4.42. The second kappa shape index (κ2) is 8.75. The van der Waals surface area contributed by atoms with Crippen LogP contribution in [0.2, 0.25) is 5.02 Å². The average molecular weight is 404 g/mol. The number of carbonyl (C=O) groups excluding carboxylic acids is 1. The van der Waals surface area contributed by atoms with Crippen molar-refractivity contribution in [1.29, 1.82) is 0 Å². The summed E-state index contributed by atoms with van der Waals surface area (Å²) < 4.78 is 25.5. The van der Waals surface area contributed by atoms with E-state index in [1.54, 1.807) is 19.5 Å². The molecule has 1 unspecified atom stereocenters. The van der Waals surface area contributed by atoms with E-state index >= 15 is 0 Å². The summed E-state index contributed by atoms with van der Waals surface area (Å²) >= 11 is 5.92. The summed E-state index contributed by atoms with van der Waals surface area (Å²) in [6.45, 7) is -0.275. The molecule has 1 atom stereocenters. The van der Waals surface area contributed by atoms with Gasteiger partial charge in [-0.05, 0) is 35.9 Å². The van der Waals surface area contributed by atoms with Gasteiger partial charge in [0.05, 0.1) is 12.1 Å². The maximum atomic E-state index is 13.1. The first-order chi connectivity index (χ1) is 13.5. The number of hydrogen-bond donors (Lipinski definition) is 1. The fraction of sp³-hybridized carbons (Fsp3) is 0.200. The molecule has 0 saturated carbocycles. The highest BCUT2D eigenvalue weighted by Crippen LogP contribution is 2.25. The number of nitrogens with zero attached hydrogens (tertiary/aromatic N) is 2. The molecule has 6 nitrogen and oxygen atoms in total. The van der Waals surface area contributed by atoms with E-state index in [4.69, 9.17) is 21.1 Å². The van der Waals surface area contributed by atoms with Gasteiger partial charge in [-0.2, -0.15) is 0 Å². The number of nitrogens with one attached hydrogen (secondary N) is 1. The minimum atomic E-state index is -0.481. The molecule has 28 heavy (non-hydrogen) atoms. The van der Waals surface area contributed by atoms with E-state index in [0.717, 1.165) is 11.6 Å². The van der Waals surface area contributed by atoms with Gasteiger partial charge in [0.25, 0.3) is 5.91 Å². The number of carbonyl (C=O) groups is 1. The third-order valence-electron chi connectivity index (χ3n) is 4.12. The number of halogens is 2. The minimum absolute atomic E-state index is 0.101. The molecular formula is C20H19ClFN3O3. The highest BCUT2D eigenvalue weighted by molar-refractivity contribution is 6.32. The van der Waals surface area contributed by atoms with Crippen molar-refractivity contribution in [2.24, 2.45) is 7.05 Å². The van der Waals surface area contributed by atoms with Crippen LogP contribution in [-0.2, 0) is 11.8 Å². The zero-order valence-electron chi connectivity index (χ0n) is 15.4. The molecule has 0 aliphatic heterocycles. The third kappa shape index (κ3) is 4.61. The van der Waals surface area contributed by atoms with Crippen molar-refractivity contribution in [3.05, 3.63) is 77.1 Å². The van der Waals surface area contributed by atoms with E-state index in [9.17, 15) is 9.18 Å². The Kier molecular flexibility index (Phi) is 6.16. The van der Waals surface area contributed by atoms with Crippen molar-refractivity contribution in [1.82, 2.24) is 14.9 Å². The number of aryl methyl sites for hydroxylation is 1. The van der Waals surface area contributed by atoms with E-state index in [2.05, 4.69) is 10.3 Å². The standard InChI is InChI=1S/C20H19ClFN3O3/c1-25-10-9-23-20(25)19(13-3-6-15(27-2)7-4-13)24-18(26)12-28-17-8-5-14(22)11-16(17)21/h3-11,19H,12H2,1-2H3,(H,24,26). The molecule has 146 valence electrons. The molecular weight excluding hydrogens is 385 g/mol. The topological polar surface area (TPSA) is 65.4 Å². The largest absolute Gasteiger partial charge is 0.497 e. The van der Waals surface area contributed by atoms with Crippen molar-refractivity contribution in [3.63, 3.8) is 0 Å². The predicted molar refractivity (Wildman–Crippen MR) is 103 cm³/mol. The molecule has 0 fully saturated rings. The molecule has 2 aromatic carbocycles. The lowest BCUT2D eigenvalue weighted by Gasteiger charge is -2.19. The van der Waals surface area contributed by atoms with Crippen LogP contribution in [0.1, 0.15) is 17.4 Å². The van der Waals surface area contributed by atoms with Crippen LogP contribution in [0, 0.1) is 5.82 Å². The number of benzene rings is 2. The number of aromatic nitrogens is 2. The van der Waals surface area contributed by atoms with Crippen molar-refractivity contribution >= 4 is 17.5 Å². The molecule has 8 heteroatoms. The Hall–Kier alpha value is -3.06. The lowest BCUT2D eigenvalue weighted by molar-refractivity contribution is -0.123. The summed E-state index contributed by atoms with van der Waals surface area (Å²) in [5, 5.41) is 3.01. The fourth-order valence-electron chi connectivity index (χ4n) is 2.69. The van der Waals surface area contributed by atoms with Gasteiger partial charge in [0, 0.05) is 19.4 Å². The number of ether oxygens (including phenoxy) is 2. The quantitative estimate of drug-likeness (QED) is 0.655. The van der Waals surface area contributed by atoms with Crippen LogP contribution in [0.4, 0.5) is 4.39 Å². The molecule has 0 aliphatic rings. The van der Waals surface area contributed by atoms with Gasteiger partial charge in [-0.25, -0.2) is 9.37 Å². The van der Waals surface area contributed by atoms with E-state index in [-0.39, 0.29) is 23.3 Å². The highest BCUT2D eigenvalue weighted by Gasteiger charge is 2.21. The highest BCUT2D eigenvalue weighted by atomic mass is 35.5.